The highest BCUT2D eigenvalue weighted by atomic mass is 32.2. The minimum Gasteiger partial charge on any atom is -0.224 e. The van der Waals surface area contributed by atoms with E-state index < -0.39 is 0 Å². The maximum atomic E-state index is 4.51. The summed E-state index contributed by atoms with van der Waals surface area (Å²) in [6, 6.07) is 7.97. The minimum atomic E-state index is 0.139. The second kappa shape index (κ2) is 5.92. The Labute approximate surface area is 119 Å². The number of hydrogen-bond donors (Lipinski definition) is 0. The molecule has 1 heterocycles. The number of benzene rings is 1. The zero-order valence-corrected chi connectivity index (χ0v) is 12.9. The molecular formula is C14H22N4S. The summed E-state index contributed by atoms with van der Waals surface area (Å²) in [5, 5.41) is 9.02. The van der Waals surface area contributed by atoms with Crippen LogP contribution in [-0.4, -0.2) is 30.8 Å². The van der Waals surface area contributed by atoms with E-state index in [9.17, 15) is 0 Å². The van der Waals surface area contributed by atoms with E-state index >= 15 is 0 Å². The summed E-state index contributed by atoms with van der Waals surface area (Å²) in [5.41, 5.74) is 2.03. The molecule has 0 unspecified atom stereocenters. The van der Waals surface area contributed by atoms with Gasteiger partial charge in [0.25, 0.3) is 0 Å². The number of rotatable bonds is 6. The van der Waals surface area contributed by atoms with Crippen molar-refractivity contribution in [3.63, 3.8) is 0 Å². The molecule has 104 valence electrons. The summed E-state index contributed by atoms with van der Waals surface area (Å²) in [7, 11) is 0. The molecule has 1 aromatic heterocycles. The fraction of sp³-hybridized carbons (Fsp3) is 0.571. The lowest BCUT2D eigenvalue weighted by Gasteiger charge is -2.35. The van der Waals surface area contributed by atoms with Crippen LogP contribution in [0, 0.1) is 0 Å². The van der Waals surface area contributed by atoms with Crippen molar-refractivity contribution in [3.05, 3.63) is 24.3 Å². The smallest absolute Gasteiger partial charge is 0.114 e. The summed E-state index contributed by atoms with van der Waals surface area (Å²) < 4.78 is 4.10. The van der Waals surface area contributed by atoms with Crippen LogP contribution in [0.5, 0.6) is 0 Å². The molecule has 19 heavy (non-hydrogen) atoms. The zero-order chi connectivity index (χ0) is 13.9. The third kappa shape index (κ3) is 3.28. The molecule has 4 nitrogen and oxygen atoms in total. The van der Waals surface area contributed by atoms with Crippen molar-refractivity contribution >= 4 is 23.2 Å². The SMILES string of the molecule is CCCN(Sn1nc2ccccc2n1)C(C)(C)CC. The topological polar surface area (TPSA) is 34.0 Å². The third-order valence-corrected chi connectivity index (χ3v) is 4.59. The monoisotopic (exact) mass is 278 g/mol. The van der Waals surface area contributed by atoms with Gasteiger partial charge in [-0.05, 0) is 38.8 Å². The molecule has 2 aromatic rings. The number of nitrogens with zero attached hydrogens (tertiary/aromatic N) is 4. The van der Waals surface area contributed by atoms with Crippen molar-refractivity contribution in [2.45, 2.75) is 46.1 Å². The van der Waals surface area contributed by atoms with Gasteiger partial charge in [-0.3, -0.25) is 0 Å². The summed E-state index contributed by atoms with van der Waals surface area (Å²) in [4.78, 5) is 0. The maximum Gasteiger partial charge on any atom is 0.114 e. The molecule has 0 aliphatic carbocycles. The highest BCUT2D eigenvalue weighted by Gasteiger charge is 2.26. The number of fused-ring (bicyclic) bond motifs is 1. The van der Waals surface area contributed by atoms with E-state index in [2.05, 4.69) is 42.2 Å². The Balaban J connectivity index is 2.21. The molecule has 0 aliphatic heterocycles. The fourth-order valence-corrected chi connectivity index (χ4v) is 2.84. The van der Waals surface area contributed by atoms with Gasteiger partial charge in [0.2, 0.25) is 0 Å². The van der Waals surface area contributed by atoms with Crippen LogP contribution in [-0.2, 0) is 0 Å². The maximum absolute atomic E-state index is 4.51. The van der Waals surface area contributed by atoms with Crippen molar-refractivity contribution in [2.24, 2.45) is 0 Å². The van der Waals surface area contributed by atoms with Gasteiger partial charge in [-0.25, -0.2) is 4.31 Å². The van der Waals surface area contributed by atoms with E-state index in [1.807, 2.05) is 24.3 Å². The Hall–Kier alpha value is -1.07. The quantitative estimate of drug-likeness (QED) is 0.754. The highest BCUT2D eigenvalue weighted by molar-refractivity contribution is 7.95. The van der Waals surface area contributed by atoms with E-state index in [1.165, 1.54) is 0 Å². The van der Waals surface area contributed by atoms with Crippen LogP contribution in [0.2, 0.25) is 0 Å². The Morgan fingerprint density at radius 2 is 1.74 bits per heavy atom. The van der Waals surface area contributed by atoms with Crippen LogP contribution < -0.4 is 0 Å². The second-order valence-corrected chi connectivity index (χ2v) is 6.22. The molecule has 0 radical (unpaired) electrons. The highest BCUT2D eigenvalue weighted by Crippen LogP contribution is 2.27. The van der Waals surface area contributed by atoms with Gasteiger partial charge in [0, 0.05) is 12.1 Å². The summed E-state index contributed by atoms with van der Waals surface area (Å²) in [5.74, 6) is 0. The lowest BCUT2D eigenvalue weighted by Crippen LogP contribution is -2.40. The molecule has 0 bridgehead atoms. The van der Waals surface area contributed by atoms with Gasteiger partial charge in [-0.2, -0.15) is 0 Å². The molecule has 5 heteroatoms. The van der Waals surface area contributed by atoms with E-state index in [0.29, 0.717) is 0 Å². The number of aromatic nitrogens is 3. The first-order valence-electron chi connectivity index (χ1n) is 6.85. The lowest BCUT2D eigenvalue weighted by molar-refractivity contribution is 0.239. The van der Waals surface area contributed by atoms with Crippen LogP contribution >= 0.6 is 12.1 Å². The second-order valence-electron chi connectivity index (χ2n) is 5.29. The summed E-state index contributed by atoms with van der Waals surface area (Å²) in [6.07, 6.45) is 2.22. The van der Waals surface area contributed by atoms with Gasteiger partial charge in [0.15, 0.2) is 0 Å². The van der Waals surface area contributed by atoms with Gasteiger partial charge in [0.05, 0.1) is 12.1 Å². The van der Waals surface area contributed by atoms with Crippen LogP contribution in [0.1, 0.15) is 40.5 Å². The predicted molar refractivity (Wildman–Crippen MR) is 81.9 cm³/mol. The molecule has 2 rings (SSSR count). The Morgan fingerprint density at radius 3 is 2.21 bits per heavy atom. The Kier molecular flexibility index (Phi) is 4.47. The zero-order valence-electron chi connectivity index (χ0n) is 12.1. The largest absolute Gasteiger partial charge is 0.224 e. The molecule has 0 saturated carbocycles. The first-order chi connectivity index (χ1) is 9.06. The predicted octanol–water partition coefficient (Wildman–Crippen LogP) is 3.74. The number of hydrogen-bond acceptors (Lipinski definition) is 4. The summed E-state index contributed by atoms with van der Waals surface area (Å²) >= 11 is 1.60. The molecule has 0 N–H and O–H groups in total. The molecule has 0 saturated heterocycles. The van der Waals surface area contributed by atoms with Gasteiger partial charge in [-0.15, -0.1) is 14.4 Å². The van der Waals surface area contributed by atoms with Crippen LogP contribution in [0.25, 0.3) is 11.0 Å². The molecule has 1 aromatic carbocycles. The molecule has 0 fully saturated rings. The normalized spacial score (nSPS) is 12.5. The molecule has 0 spiro atoms. The molecule has 0 aliphatic rings. The van der Waals surface area contributed by atoms with Crippen molar-refractivity contribution in [1.29, 1.82) is 0 Å². The molecule has 0 amide bonds. The van der Waals surface area contributed by atoms with Gasteiger partial charge >= 0.3 is 0 Å². The van der Waals surface area contributed by atoms with Crippen LogP contribution in [0.3, 0.4) is 0 Å². The van der Waals surface area contributed by atoms with E-state index in [0.717, 1.165) is 30.4 Å². The lowest BCUT2D eigenvalue weighted by atomic mass is 10.0. The fourth-order valence-electron chi connectivity index (χ4n) is 1.80. The Morgan fingerprint density at radius 1 is 1.16 bits per heavy atom. The van der Waals surface area contributed by atoms with Crippen molar-refractivity contribution < 1.29 is 0 Å². The molecular weight excluding hydrogens is 256 g/mol. The third-order valence-electron chi connectivity index (χ3n) is 3.41. The molecule has 0 atom stereocenters. The Bertz CT molecular complexity index is 502. The van der Waals surface area contributed by atoms with E-state index in [-0.39, 0.29) is 5.54 Å². The first kappa shape index (κ1) is 14.3. The van der Waals surface area contributed by atoms with Gasteiger partial charge in [-0.1, -0.05) is 26.0 Å². The van der Waals surface area contributed by atoms with Crippen molar-refractivity contribution in [1.82, 2.24) is 18.7 Å². The average molecular weight is 278 g/mol. The van der Waals surface area contributed by atoms with Crippen molar-refractivity contribution in [2.75, 3.05) is 6.54 Å². The van der Waals surface area contributed by atoms with E-state index in [1.54, 1.807) is 16.3 Å². The van der Waals surface area contributed by atoms with Gasteiger partial charge in [0.1, 0.15) is 11.0 Å². The van der Waals surface area contributed by atoms with Crippen molar-refractivity contribution in [3.8, 4) is 0 Å². The average Bonchev–Trinajstić information content (AvgIpc) is 2.80. The summed E-state index contributed by atoms with van der Waals surface area (Å²) in [6.45, 7) is 9.98. The van der Waals surface area contributed by atoms with Gasteiger partial charge < -0.3 is 0 Å². The van der Waals surface area contributed by atoms with Crippen LogP contribution in [0.15, 0.2) is 24.3 Å². The van der Waals surface area contributed by atoms with E-state index in [4.69, 9.17) is 0 Å². The standard InChI is InChI=1S/C14H22N4S/c1-5-11-17(14(3,4)6-2)19-18-15-12-9-7-8-10-13(12)16-18/h7-10H,5-6,11H2,1-4H3. The minimum absolute atomic E-state index is 0.139. The van der Waals surface area contributed by atoms with Crippen LogP contribution in [0.4, 0.5) is 0 Å². The first-order valence-corrected chi connectivity index (χ1v) is 7.58.